The predicted molar refractivity (Wildman–Crippen MR) is 89.5 cm³/mol. The summed E-state index contributed by atoms with van der Waals surface area (Å²) in [4.78, 5) is 10.5. The van der Waals surface area contributed by atoms with Gasteiger partial charge in [0.2, 0.25) is 0 Å². The highest BCUT2D eigenvalue weighted by atomic mass is 32.2. The van der Waals surface area contributed by atoms with Crippen molar-refractivity contribution < 1.29 is 13.3 Å². The van der Waals surface area contributed by atoms with Crippen LogP contribution in [0, 0.1) is 10.1 Å². The zero-order chi connectivity index (χ0) is 16.9. The average molecular weight is 334 g/mol. The fraction of sp³-hybridized carbons (Fsp3) is 0.250. The molecule has 0 aliphatic rings. The van der Waals surface area contributed by atoms with Gasteiger partial charge in [-0.2, -0.15) is 0 Å². The van der Waals surface area contributed by atoms with Crippen LogP contribution in [0.1, 0.15) is 12.0 Å². The van der Waals surface area contributed by atoms with Gasteiger partial charge in [-0.15, -0.1) is 0 Å². The molecule has 1 N–H and O–H groups in total. The van der Waals surface area contributed by atoms with Gasteiger partial charge in [0.15, 0.2) is 9.84 Å². The van der Waals surface area contributed by atoms with Crippen molar-refractivity contribution in [3.8, 4) is 0 Å². The van der Waals surface area contributed by atoms with Crippen molar-refractivity contribution in [2.45, 2.75) is 17.7 Å². The maximum Gasteiger partial charge on any atom is 0.293 e. The molecule has 0 spiro atoms. The fourth-order valence-electron chi connectivity index (χ4n) is 2.20. The molecule has 0 radical (unpaired) electrons. The lowest BCUT2D eigenvalue weighted by atomic mass is 10.1. The van der Waals surface area contributed by atoms with E-state index in [0.717, 1.165) is 25.2 Å². The highest BCUT2D eigenvalue weighted by molar-refractivity contribution is 7.90. The minimum absolute atomic E-state index is 0.0564. The van der Waals surface area contributed by atoms with Gasteiger partial charge < -0.3 is 5.32 Å². The molecule has 6 nitrogen and oxygen atoms in total. The van der Waals surface area contributed by atoms with Crippen molar-refractivity contribution in [1.82, 2.24) is 0 Å². The molecule has 0 amide bonds. The zero-order valence-corrected chi connectivity index (χ0v) is 13.5. The molecule has 0 unspecified atom stereocenters. The SMILES string of the molecule is CS(=O)(=O)c1ccc(NCCCc2ccccc2)c([N+](=O)[O-])c1. The first-order valence-corrected chi connectivity index (χ1v) is 9.03. The molecule has 0 aromatic heterocycles. The Morgan fingerprint density at radius 2 is 1.83 bits per heavy atom. The summed E-state index contributed by atoms with van der Waals surface area (Å²) in [5, 5.41) is 14.1. The molecule has 7 heteroatoms. The number of nitrogens with one attached hydrogen (secondary N) is 1. The van der Waals surface area contributed by atoms with Crippen molar-refractivity contribution in [3.63, 3.8) is 0 Å². The number of benzene rings is 2. The molecule has 2 aromatic carbocycles. The third kappa shape index (κ3) is 4.79. The summed E-state index contributed by atoms with van der Waals surface area (Å²) in [6.07, 6.45) is 2.71. The molecule has 0 saturated carbocycles. The van der Waals surface area contributed by atoms with Crippen LogP contribution in [0.3, 0.4) is 0 Å². The van der Waals surface area contributed by atoms with E-state index < -0.39 is 14.8 Å². The lowest BCUT2D eigenvalue weighted by molar-refractivity contribution is -0.384. The first-order chi connectivity index (χ1) is 10.9. The van der Waals surface area contributed by atoms with Gasteiger partial charge in [-0.3, -0.25) is 10.1 Å². The van der Waals surface area contributed by atoms with Gasteiger partial charge in [0.25, 0.3) is 5.69 Å². The Labute approximate surface area is 135 Å². The summed E-state index contributed by atoms with van der Waals surface area (Å²) in [7, 11) is -3.47. The molecule has 0 fully saturated rings. The maximum absolute atomic E-state index is 11.5. The minimum atomic E-state index is -3.47. The van der Waals surface area contributed by atoms with E-state index in [2.05, 4.69) is 5.32 Å². The number of rotatable bonds is 7. The van der Waals surface area contributed by atoms with E-state index in [0.29, 0.717) is 12.2 Å². The normalized spacial score (nSPS) is 11.2. The van der Waals surface area contributed by atoms with Gasteiger partial charge in [0.1, 0.15) is 5.69 Å². The van der Waals surface area contributed by atoms with Gasteiger partial charge in [0, 0.05) is 18.9 Å². The van der Waals surface area contributed by atoms with Crippen LogP contribution in [-0.2, 0) is 16.3 Å². The van der Waals surface area contributed by atoms with Crippen LogP contribution in [0.15, 0.2) is 53.4 Å². The lowest BCUT2D eigenvalue weighted by Crippen LogP contribution is -2.07. The van der Waals surface area contributed by atoms with Crippen molar-refractivity contribution >= 4 is 21.2 Å². The van der Waals surface area contributed by atoms with Gasteiger partial charge in [0.05, 0.1) is 9.82 Å². The molecule has 0 atom stereocenters. The molecular weight excluding hydrogens is 316 g/mol. The summed E-state index contributed by atoms with van der Waals surface area (Å²) in [5.74, 6) is 0. The number of sulfone groups is 1. The Bertz CT molecular complexity index is 789. The van der Waals surface area contributed by atoms with Crippen molar-refractivity contribution in [2.75, 3.05) is 18.1 Å². The van der Waals surface area contributed by atoms with Crippen molar-refractivity contribution in [3.05, 3.63) is 64.2 Å². The summed E-state index contributed by atoms with van der Waals surface area (Å²) >= 11 is 0. The van der Waals surface area contributed by atoms with Crippen LogP contribution in [0.5, 0.6) is 0 Å². The van der Waals surface area contributed by atoms with Crippen LogP contribution in [-0.4, -0.2) is 26.1 Å². The monoisotopic (exact) mass is 334 g/mol. The Balaban J connectivity index is 2.03. The number of nitro groups is 1. The van der Waals surface area contributed by atoms with Gasteiger partial charge >= 0.3 is 0 Å². The largest absolute Gasteiger partial charge is 0.379 e. The molecule has 122 valence electrons. The quantitative estimate of drug-likeness (QED) is 0.477. The molecule has 0 heterocycles. The summed E-state index contributed by atoms with van der Waals surface area (Å²) in [6.45, 7) is 0.563. The fourth-order valence-corrected chi connectivity index (χ4v) is 2.84. The first-order valence-electron chi connectivity index (χ1n) is 7.14. The van der Waals surface area contributed by atoms with E-state index in [1.807, 2.05) is 30.3 Å². The highest BCUT2D eigenvalue weighted by Crippen LogP contribution is 2.27. The second-order valence-corrected chi connectivity index (χ2v) is 7.24. The Morgan fingerprint density at radius 3 is 2.43 bits per heavy atom. The van der Waals surface area contributed by atoms with E-state index in [1.54, 1.807) is 0 Å². The second kappa shape index (κ2) is 7.23. The molecule has 0 aliphatic carbocycles. The molecule has 0 bridgehead atoms. The van der Waals surface area contributed by atoms with Crippen LogP contribution in [0.25, 0.3) is 0 Å². The number of hydrogen-bond acceptors (Lipinski definition) is 5. The van der Waals surface area contributed by atoms with Crippen molar-refractivity contribution in [1.29, 1.82) is 0 Å². The molecule has 0 saturated heterocycles. The Hall–Kier alpha value is -2.41. The van der Waals surface area contributed by atoms with Crippen molar-refractivity contribution in [2.24, 2.45) is 0 Å². The molecular formula is C16H18N2O4S. The topological polar surface area (TPSA) is 89.3 Å². The van der Waals surface area contributed by atoms with Crippen LogP contribution >= 0.6 is 0 Å². The zero-order valence-electron chi connectivity index (χ0n) is 12.7. The number of aryl methyl sites for hydroxylation is 1. The van der Waals surface area contributed by atoms with Gasteiger partial charge in [-0.25, -0.2) is 8.42 Å². The summed E-state index contributed by atoms with van der Waals surface area (Å²) < 4.78 is 23.0. The Morgan fingerprint density at radius 1 is 1.13 bits per heavy atom. The Kier molecular flexibility index (Phi) is 5.33. The first kappa shape index (κ1) is 17.0. The van der Waals surface area contributed by atoms with Crippen LogP contribution < -0.4 is 5.32 Å². The molecule has 2 aromatic rings. The molecule has 0 aliphatic heterocycles. The van der Waals surface area contributed by atoms with E-state index in [-0.39, 0.29) is 10.6 Å². The molecule has 23 heavy (non-hydrogen) atoms. The number of hydrogen-bond donors (Lipinski definition) is 1. The van der Waals surface area contributed by atoms with Crippen LogP contribution in [0.2, 0.25) is 0 Å². The standard InChI is InChI=1S/C16H18N2O4S/c1-23(21,22)14-9-10-15(16(12-14)18(19)20)17-11-5-8-13-6-3-2-4-7-13/h2-4,6-7,9-10,12,17H,5,8,11H2,1H3. The maximum atomic E-state index is 11.5. The van der Waals surface area contributed by atoms with E-state index in [1.165, 1.54) is 17.7 Å². The van der Waals surface area contributed by atoms with E-state index in [9.17, 15) is 18.5 Å². The summed E-state index contributed by atoms with van der Waals surface area (Å²) in [5.41, 5.74) is 1.30. The third-order valence-corrected chi connectivity index (χ3v) is 4.50. The molecule has 2 rings (SSSR count). The smallest absolute Gasteiger partial charge is 0.293 e. The number of nitrogens with zero attached hydrogens (tertiary/aromatic N) is 1. The lowest BCUT2D eigenvalue weighted by Gasteiger charge is -2.08. The minimum Gasteiger partial charge on any atom is -0.379 e. The van der Waals surface area contributed by atoms with E-state index in [4.69, 9.17) is 0 Å². The predicted octanol–water partition coefficient (Wildman–Crippen LogP) is 3.04. The average Bonchev–Trinajstić information content (AvgIpc) is 2.51. The van der Waals surface area contributed by atoms with E-state index >= 15 is 0 Å². The number of anilines is 1. The van der Waals surface area contributed by atoms with Gasteiger partial charge in [-0.05, 0) is 30.5 Å². The van der Waals surface area contributed by atoms with Crippen LogP contribution in [0.4, 0.5) is 11.4 Å². The van der Waals surface area contributed by atoms with Gasteiger partial charge in [-0.1, -0.05) is 30.3 Å². The second-order valence-electron chi connectivity index (χ2n) is 5.22. The highest BCUT2D eigenvalue weighted by Gasteiger charge is 2.18. The summed E-state index contributed by atoms with van der Waals surface area (Å²) in [6, 6.07) is 13.9. The number of nitro benzene ring substituents is 1. The third-order valence-electron chi connectivity index (χ3n) is 3.39.